The second-order valence-corrected chi connectivity index (χ2v) is 14.0. The Morgan fingerprint density at radius 2 is 1.79 bits per heavy atom. The van der Waals surface area contributed by atoms with Crippen LogP contribution in [0.1, 0.15) is 72.6 Å². The Morgan fingerprint density at radius 3 is 2.33 bits per heavy atom. The first-order chi connectivity index (χ1) is 11.1. The maximum Gasteiger partial charge on any atom is 0.305 e. The van der Waals surface area contributed by atoms with Crippen molar-refractivity contribution in [3.63, 3.8) is 0 Å². The molecule has 3 nitrogen and oxygen atoms in total. The fraction of sp³-hybridized carbons (Fsp3) is 0.947. The minimum absolute atomic E-state index is 0.0925. The van der Waals surface area contributed by atoms with Crippen molar-refractivity contribution in [2.45, 2.75) is 96.9 Å². The summed E-state index contributed by atoms with van der Waals surface area (Å²) in [4.78, 5) is 11.1. The first kappa shape index (κ1) is 24.0. The van der Waals surface area contributed by atoms with Gasteiger partial charge in [-0.1, -0.05) is 47.0 Å². The molecular weight excluding hydrogens is 336 g/mol. The molecule has 0 aromatic rings. The summed E-state index contributed by atoms with van der Waals surface area (Å²) in [5.74, 6) is 2.17. The summed E-state index contributed by atoms with van der Waals surface area (Å²) < 4.78 is 11.3. The van der Waals surface area contributed by atoms with Crippen LogP contribution in [0.15, 0.2) is 0 Å². The van der Waals surface area contributed by atoms with Crippen LogP contribution in [0.5, 0.6) is 0 Å². The highest BCUT2D eigenvalue weighted by atomic mass is 32.2. The molecule has 0 radical (unpaired) electrons. The molecule has 144 valence electrons. The Hall–Kier alpha value is -0.00312. The van der Waals surface area contributed by atoms with E-state index in [9.17, 15) is 4.79 Å². The minimum atomic E-state index is -1.68. The first-order valence-electron chi connectivity index (χ1n) is 9.46. The van der Waals surface area contributed by atoms with Gasteiger partial charge in [-0.15, -0.1) is 0 Å². The lowest BCUT2D eigenvalue weighted by molar-refractivity contribution is -0.140. The van der Waals surface area contributed by atoms with E-state index < -0.39 is 8.32 Å². The number of carbonyl (C=O) groups is 1. The molecule has 0 bridgehead atoms. The topological polar surface area (TPSA) is 35.5 Å². The Kier molecular flexibility index (Phi) is 12.4. The number of carbonyl (C=O) groups excluding carboxylic acids is 1. The van der Waals surface area contributed by atoms with Crippen molar-refractivity contribution >= 4 is 26.0 Å². The third-order valence-electron chi connectivity index (χ3n) is 4.85. The summed E-state index contributed by atoms with van der Waals surface area (Å²) in [7, 11) is -0.225. The van der Waals surface area contributed by atoms with Gasteiger partial charge in [-0.2, -0.15) is 11.8 Å². The second kappa shape index (κ2) is 12.4. The van der Waals surface area contributed by atoms with Crippen LogP contribution in [0.25, 0.3) is 0 Å². The molecule has 0 fully saturated rings. The number of esters is 1. The fourth-order valence-corrected chi connectivity index (χ4v) is 4.75. The van der Waals surface area contributed by atoms with Gasteiger partial charge in [0.25, 0.3) is 0 Å². The van der Waals surface area contributed by atoms with Crippen molar-refractivity contribution in [1.82, 2.24) is 0 Å². The zero-order valence-electron chi connectivity index (χ0n) is 17.1. The number of unbranched alkanes of at least 4 members (excludes halogenated alkanes) is 3. The molecule has 0 aromatic carbocycles. The number of hydrogen-bond donors (Lipinski definition) is 0. The number of methoxy groups -OCH3 is 1. The molecule has 0 aliphatic rings. The molecule has 0 heterocycles. The average molecular weight is 377 g/mol. The van der Waals surface area contributed by atoms with Gasteiger partial charge in [0.15, 0.2) is 8.32 Å². The fourth-order valence-electron chi connectivity index (χ4n) is 2.17. The van der Waals surface area contributed by atoms with Gasteiger partial charge in [0, 0.05) is 12.2 Å². The molecule has 0 saturated heterocycles. The summed E-state index contributed by atoms with van der Waals surface area (Å²) >= 11 is 2.01. The molecule has 0 N–H and O–H groups in total. The van der Waals surface area contributed by atoms with E-state index in [0.29, 0.717) is 12.5 Å². The van der Waals surface area contributed by atoms with Crippen molar-refractivity contribution < 1.29 is 14.0 Å². The van der Waals surface area contributed by atoms with Gasteiger partial charge in [0.05, 0.1) is 13.2 Å². The predicted octanol–water partition coefficient (Wildman–Crippen LogP) is 6.03. The summed E-state index contributed by atoms with van der Waals surface area (Å²) in [5, 5.41) is 0.274. The van der Waals surface area contributed by atoms with Crippen LogP contribution in [0.3, 0.4) is 0 Å². The predicted molar refractivity (Wildman–Crippen MR) is 109 cm³/mol. The molecule has 0 aromatic heterocycles. The van der Waals surface area contributed by atoms with Gasteiger partial charge in [0.1, 0.15) is 0 Å². The lowest BCUT2D eigenvalue weighted by Gasteiger charge is -2.39. The van der Waals surface area contributed by atoms with Crippen LogP contribution in [-0.2, 0) is 14.0 Å². The third kappa shape index (κ3) is 10.8. The summed E-state index contributed by atoms with van der Waals surface area (Å²) in [6, 6.07) is 0. The van der Waals surface area contributed by atoms with Crippen LogP contribution >= 0.6 is 11.8 Å². The van der Waals surface area contributed by atoms with Crippen molar-refractivity contribution in [2.24, 2.45) is 0 Å². The molecule has 0 aliphatic heterocycles. The summed E-state index contributed by atoms with van der Waals surface area (Å²) in [6.45, 7) is 13.9. The van der Waals surface area contributed by atoms with Crippen molar-refractivity contribution in [3.05, 3.63) is 0 Å². The molecule has 24 heavy (non-hydrogen) atoms. The van der Waals surface area contributed by atoms with E-state index in [-0.39, 0.29) is 11.0 Å². The van der Waals surface area contributed by atoms with E-state index in [1.807, 2.05) is 11.8 Å². The van der Waals surface area contributed by atoms with Gasteiger partial charge < -0.3 is 9.16 Å². The number of rotatable bonds is 13. The number of ether oxygens (including phenoxy) is 1. The standard InChI is InChI=1S/C19H40O3SSi/c1-8-9-13-17(22-24(6,7)19(2,3)4)16-23-15-12-10-11-14-18(20)21-5/h17H,8-16H2,1-7H3. The highest BCUT2D eigenvalue weighted by molar-refractivity contribution is 7.99. The monoisotopic (exact) mass is 376 g/mol. The second-order valence-electron chi connectivity index (χ2n) is 8.10. The first-order valence-corrected chi connectivity index (χ1v) is 13.5. The SMILES string of the molecule is CCCCC(CSCCCCCC(=O)OC)O[Si](C)(C)C(C)(C)C. The molecule has 5 heteroatoms. The van der Waals surface area contributed by atoms with Crippen molar-refractivity contribution in [2.75, 3.05) is 18.6 Å². The highest BCUT2D eigenvalue weighted by Gasteiger charge is 2.38. The molecule has 0 spiro atoms. The van der Waals surface area contributed by atoms with Gasteiger partial charge in [-0.3, -0.25) is 4.79 Å². The third-order valence-corrected chi connectivity index (χ3v) is 10.6. The normalized spacial score (nSPS) is 13.8. The lowest BCUT2D eigenvalue weighted by Crippen LogP contribution is -2.44. The molecule has 0 amide bonds. The lowest BCUT2D eigenvalue weighted by atomic mass is 10.2. The Morgan fingerprint density at radius 1 is 1.12 bits per heavy atom. The van der Waals surface area contributed by atoms with E-state index in [0.717, 1.165) is 24.3 Å². The molecule has 1 atom stereocenters. The smallest absolute Gasteiger partial charge is 0.305 e. The van der Waals surface area contributed by atoms with Crippen molar-refractivity contribution in [3.8, 4) is 0 Å². The maximum absolute atomic E-state index is 11.1. The van der Waals surface area contributed by atoms with Crippen LogP contribution in [-0.4, -0.2) is 39.0 Å². The maximum atomic E-state index is 11.1. The van der Waals surface area contributed by atoms with Gasteiger partial charge in [-0.05, 0) is 43.1 Å². The summed E-state index contributed by atoms with van der Waals surface area (Å²) in [6.07, 6.45) is 7.81. The van der Waals surface area contributed by atoms with Crippen LogP contribution < -0.4 is 0 Å². The van der Waals surface area contributed by atoms with Gasteiger partial charge >= 0.3 is 5.97 Å². The zero-order chi connectivity index (χ0) is 18.6. The average Bonchev–Trinajstić information content (AvgIpc) is 2.49. The largest absolute Gasteiger partial charge is 0.469 e. The Balaban J connectivity index is 4.10. The quantitative estimate of drug-likeness (QED) is 0.223. The van der Waals surface area contributed by atoms with E-state index >= 15 is 0 Å². The van der Waals surface area contributed by atoms with E-state index in [2.05, 4.69) is 45.5 Å². The molecule has 0 saturated carbocycles. The zero-order valence-corrected chi connectivity index (χ0v) is 18.9. The molecular formula is C19H40O3SSi. The minimum Gasteiger partial charge on any atom is -0.469 e. The van der Waals surface area contributed by atoms with Gasteiger partial charge in [0.2, 0.25) is 0 Å². The molecule has 0 aliphatic carbocycles. The number of thioether (sulfide) groups is 1. The van der Waals surface area contributed by atoms with E-state index in [4.69, 9.17) is 4.43 Å². The van der Waals surface area contributed by atoms with Crippen LogP contribution in [0, 0.1) is 0 Å². The molecule has 0 rings (SSSR count). The van der Waals surface area contributed by atoms with Crippen LogP contribution in [0.4, 0.5) is 0 Å². The van der Waals surface area contributed by atoms with Crippen LogP contribution in [0.2, 0.25) is 18.1 Å². The summed E-state index contributed by atoms with van der Waals surface area (Å²) in [5.41, 5.74) is 0. The van der Waals surface area contributed by atoms with E-state index in [1.54, 1.807) is 0 Å². The Labute approximate surface area is 155 Å². The van der Waals surface area contributed by atoms with Crippen molar-refractivity contribution in [1.29, 1.82) is 0 Å². The number of hydrogen-bond acceptors (Lipinski definition) is 4. The van der Waals surface area contributed by atoms with Gasteiger partial charge in [-0.25, -0.2) is 0 Å². The van der Waals surface area contributed by atoms with E-state index in [1.165, 1.54) is 32.8 Å². The Bertz CT molecular complexity index is 340. The highest BCUT2D eigenvalue weighted by Crippen LogP contribution is 2.38. The molecule has 1 unspecified atom stereocenters.